The number of hydrogen-bond donors (Lipinski definition) is 2. The van der Waals surface area contributed by atoms with Gasteiger partial charge in [0, 0.05) is 23.6 Å². The first-order valence-electron chi connectivity index (χ1n) is 6.86. The van der Waals surface area contributed by atoms with Crippen LogP contribution in [0.5, 0.6) is 0 Å². The molecule has 0 atom stereocenters. The minimum absolute atomic E-state index is 0.747. The topological polar surface area (TPSA) is 70.9 Å². The molecule has 3 heterocycles. The fourth-order valence-corrected chi connectivity index (χ4v) is 2.49. The second-order valence-corrected chi connectivity index (χ2v) is 4.89. The Labute approximate surface area is 120 Å². The normalized spacial score (nSPS) is 11.2. The lowest BCUT2D eigenvalue weighted by molar-refractivity contribution is 0.910. The van der Waals surface area contributed by atoms with E-state index in [-0.39, 0.29) is 0 Å². The van der Waals surface area contributed by atoms with Gasteiger partial charge < -0.3 is 10.3 Å². The number of aromatic nitrogens is 5. The molecule has 2 N–H and O–H groups in total. The van der Waals surface area contributed by atoms with Crippen LogP contribution in [0.1, 0.15) is 5.56 Å². The van der Waals surface area contributed by atoms with Gasteiger partial charge in [-0.1, -0.05) is 18.2 Å². The van der Waals surface area contributed by atoms with Crippen LogP contribution in [0.15, 0.2) is 48.9 Å². The van der Waals surface area contributed by atoms with Gasteiger partial charge in [-0.25, -0.2) is 0 Å². The quantitative estimate of drug-likeness (QED) is 0.600. The molecule has 1 aromatic carbocycles. The molecular weight excluding hydrogens is 264 g/mol. The summed E-state index contributed by atoms with van der Waals surface area (Å²) in [5.74, 6) is 0.821. The first-order chi connectivity index (χ1) is 10.4. The van der Waals surface area contributed by atoms with Crippen molar-refractivity contribution >= 4 is 22.4 Å². The van der Waals surface area contributed by atoms with E-state index in [9.17, 15) is 0 Å². The second-order valence-electron chi connectivity index (χ2n) is 4.89. The van der Waals surface area contributed by atoms with Crippen LogP contribution >= 0.6 is 0 Å². The molecule has 0 aliphatic heterocycles. The van der Waals surface area contributed by atoms with Gasteiger partial charge in [0.1, 0.15) is 12.1 Å². The molecule has 0 radical (unpaired) electrons. The Hall–Kier alpha value is -2.89. The minimum Gasteiger partial charge on any atom is -0.368 e. The Morgan fingerprint density at radius 2 is 2.10 bits per heavy atom. The number of hydrogen-bond acceptors (Lipinski definition) is 4. The maximum atomic E-state index is 4.39. The highest BCUT2D eigenvalue weighted by atomic mass is 15.4. The number of nitrogens with one attached hydrogen (secondary N) is 2. The summed E-state index contributed by atoms with van der Waals surface area (Å²) in [5, 5.41) is 16.7. The molecule has 0 amide bonds. The summed E-state index contributed by atoms with van der Waals surface area (Å²) in [6.45, 7) is 0.822. The molecule has 0 spiro atoms. The number of rotatable bonds is 4. The lowest BCUT2D eigenvalue weighted by Gasteiger charge is -2.05. The number of benzene rings is 1. The summed E-state index contributed by atoms with van der Waals surface area (Å²) in [6.07, 6.45) is 4.61. The van der Waals surface area contributed by atoms with Crippen LogP contribution in [0.25, 0.3) is 16.6 Å². The molecule has 6 nitrogen and oxygen atoms in total. The summed E-state index contributed by atoms with van der Waals surface area (Å²) in [6, 6.07) is 12.2. The molecule has 0 saturated carbocycles. The van der Waals surface area contributed by atoms with Crippen LogP contribution in [-0.4, -0.2) is 31.3 Å². The van der Waals surface area contributed by atoms with Crippen LogP contribution < -0.4 is 5.32 Å². The first kappa shape index (κ1) is 11.9. The van der Waals surface area contributed by atoms with E-state index in [1.165, 1.54) is 16.5 Å². The van der Waals surface area contributed by atoms with E-state index in [1.54, 1.807) is 10.8 Å². The average Bonchev–Trinajstić information content (AvgIpc) is 3.14. The standard InChI is InChI=1S/C15H14N6/c1-2-4-13-12(3-1)11(9-17-13)7-8-16-14-5-6-15-19-18-10-21(15)20-14/h1-6,9-10,17H,7-8H2,(H,16,20). The largest absolute Gasteiger partial charge is 0.368 e. The molecule has 0 fully saturated rings. The van der Waals surface area contributed by atoms with Crippen molar-refractivity contribution in [3.8, 4) is 0 Å². The monoisotopic (exact) mass is 278 g/mol. The number of para-hydroxylation sites is 1. The molecular formula is C15H14N6. The summed E-state index contributed by atoms with van der Waals surface area (Å²) in [7, 11) is 0. The van der Waals surface area contributed by atoms with Gasteiger partial charge in [-0.3, -0.25) is 0 Å². The highest BCUT2D eigenvalue weighted by Gasteiger charge is 2.03. The number of fused-ring (bicyclic) bond motifs is 2. The van der Waals surface area contributed by atoms with E-state index in [0.717, 1.165) is 24.4 Å². The van der Waals surface area contributed by atoms with E-state index in [2.05, 4.69) is 50.0 Å². The molecule has 104 valence electrons. The summed E-state index contributed by atoms with van der Waals surface area (Å²) < 4.78 is 1.66. The van der Waals surface area contributed by atoms with Crippen molar-refractivity contribution in [3.63, 3.8) is 0 Å². The highest BCUT2D eigenvalue weighted by Crippen LogP contribution is 2.18. The van der Waals surface area contributed by atoms with Crippen LogP contribution in [0.3, 0.4) is 0 Å². The van der Waals surface area contributed by atoms with E-state index < -0.39 is 0 Å². The van der Waals surface area contributed by atoms with Crippen LogP contribution in [0, 0.1) is 0 Å². The molecule has 4 aromatic rings. The minimum atomic E-state index is 0.747. The molecule has 21 heavy (non-hydrogen) atoms. The average molecular weight is 278 g/mol. The molecule has 0 unspecified atom stereocenters. The third-order valence-corrected chi connectivity index (χ3v) is 3.54. The predicted octanol–water partition coefficient (Wildman–Crippen LogP) is 2.26. The Morgan fingerprint density at radius 1 is 1.14 bits per heavy atom. The van der Waals surface area contributed by atoms with E-state index >= 15 is 0 Å². The SMILES string of the molecule is c1ccc2c(CCNc3ccc4nncn4n3)c[nH]c2c1. The molecule has 0 aliphatic carbocycles. The number of H-pyrrole nitrogens is 1. The first-order valence-corrected chi connectivity index (χ1v) is 6.86. The summed E-state index contributed by atoms with van der Waals surface area (Å²) >= 11 is 0. The Morgan fingerprint density at radius 3 is 3.10 bits per heavy atom. The summed E-state index contributed by atoms with van der Waals surface area (Å²) in [4.78, 5) is 3.29. The van der Waals surface area contributed by atoms with Crippen molar-refractivity contribution < 1.29 is 0 Å². The van der Waals surface area contributed by atoms with Gasteiger partial charge in [-0.2, -0.15) is 4.52 Å². The van der Waals surface area contributed by atoms with Gasteiger partial charge >= 0.3 is 0 Å². The van der Waals surface area contributed by atoms with Crippen molar-refractivity contribution in [2.45, 2.75) is 6.42 Å². The van der Waals surface area contributed by atoms with E-state index in [4.69, 9.17) is 0 Å². The third-order valence-electron chi connectivity index (χ3n) is 3.54. The second kappa shape index (κ2) is 4.90. The fraction of sp³-hybridized carbons (Fsp3) is 0.133. The van der Waals surface area contributed by atoms with Gasteiger partial charge in [0.2, 0.25) is 0 Å². The predicted molar refractivity (Wildman–Crippen MR) is 81.3 cm³/mol. The molecule has 0 saturated heterocycles. The maximum absolute atomic E-state index is 4.39. The number of aromatic amines is 1. The number of nitrogens with zero attached hydrogens (tertiary/aromatic N) is 4. The zero-order valence-corrected chi connectivity index (χ0v) is 11.3. The van der Waals surface area contributed by atoms with Gasteiger partial charge in [0.05, 0.1) is 0 Å². The van der Waals surface area contributed by atoms with E-state index in [1.807, 2.05) is 18.2 Å². The van der Waals surface area contributed by atoms with Gasteiger partial charge in [0.25, 0.3) is 0 Å². The van der Waals surface area contributed by atoms with Gasteiger partial charge in [-0.05, 0) is 30.2 Å². The van der Waals surface area contributed by atoms with Crippen molar-refractivity contribution in [3.05, 3.63) is 54.5 Å². The molecule has 4 rings (SSSR count). The Kier molecular flexibility index (Phi) is 2.77. The maximum Gasteiger partial charge on any atom is 0.177 e. The van der Waals surface area contributed by atoms with Crippen molar-refractivity contribution in [2.24, 2.45) is 0 Å². The zero-order chi connectivity index (χ0) is 14.1. The third kappa shape index (κ3) is 2.20. The van der Waals surface area contributed by atoms with Crippen LogP contribution in [0.4, 0.5) is 5.82 Å². The number of anilines is 1. The summed E-state index contributed by atoms with van der Waals surface area (Å²) in [5.41, 5.74) is 3.23. The van der Waals surface area contributed by atoms with Crippen molar-refractivity contribution in [1.29, 1.82) is 0 Å². The van der Waals surface area contributed by atoms with Gasteiger partial charge in [-0.15, -0.1) is 15.3 Å². The highest BCUT2D eigenvalue weighted by molar-refractivity contribution is 5.83. The smallest absolute Gasteiger partial charge is 0.177 e. The van der Waals surface area contributed by atoms with E-state index in [0.29, 0.717) is 0 Å². The fourth-order valence-electron chi connectivity index (χ4n) is 2.49. The lowest BCUT2D eigenvalue weighted by Crippen LogP contribution is -2.07. The zero-order valence-electron chi connectivity index (χ0n) is 11.3. The molecule has 3 aromatic heterocycles. The molecule has 6 heteroatoms. The van der Waals surface area contributed by atoms with Crippen LogP contribution in [-0.2, 0) is 6.42 Å². The van der Waals surface area contributed by atoms with Crippen molar-refractivity contribution in [1.82, 2.24) is 24.8 Å². The Balaban J connectivity index is 1.47. The molecule has 0 bridgehead atoms. The van der Waals surface area contributed by atoms with Crippen molar-refractivity contribution in [2.75, 3.05) is 11.9 Å². The van der Waals surface area contributed by atoms with Crippen LogP contribution in [0.2, 0.25) is 0 Å². The Bertz CT molecular complexity index is 891. The van der Waals surface area contributed by atoms with Gasteiger partial charge in [0.15, 0.2) is 5.65 Å². The lowest BCUT2D eigenvalue weighted by atomic mass is 10.1. The molecule has 0 aliphatic rings.